The lowest BCUT2D eigenvalue weighted by atomic mass is 10.0. The molecule has 2 atom stereocenters. The Hall–Kier alpha value is -2.03. The summed E-state index contributed by atoms with van der Waals surface area (Å²) in [6.45, 7) is 3.76. The smallest absolute Gasteiger partial charge is 0.462 e. The number of nitrogens with two attached hydrogens (primary N) is 1. The van der Waals surface area contributed by atoms with Gasteiger partial charge in [0.2, 0.25) is 0 Å². The molecule has 9 nitrogen and oxygen atoms in total. The standard InChI is InChI=1S/C59H110NO8P/c1-3-5-7-9-11-13-15-17-19-21-23-25-26-27-28-29-30-32-34-36-38-40-42-44-46-48-50-52-59(62)68-57(56-67-69(63,64)66-54-53-60)55-65-58(61)51-49-47-45-43-41-39-37-35-33-31-24-22-20-18-16-14-12-10-8-6-4-2/h15,17,21-24,26-27,57H,3-14,16,18-20,25,28-56,60H2,1-2H3,(H,63,64)/b17-15-,23-21-,24-22-,27-26-. The van der Waals surface area contributed by atoms with Gasteiger partial charge in [0.05, 0.1) is 13.2 Å². The van der Waals surface area contributed by atoms with Gasteiger partial charge in [0.1, 0.15) is 6.61 Å². The molecule has 2 unspecified atom stereocenters. The van der Waals surface area contributed by atoms with Gasteiger partial charge in [-0.2, -0.15) is 0 Å². The fourth-order valence-corrected chi connectivity index (χ4v) is 9.11. The van der Waals surface area contributed by atoms with Crippen LogP contribution in [0.2, 0.25) is 0 Å². The van der Waals surface area contributed by atoms with Gasteiger partial charge in [-0.25, -0.2) is 4.57 Å². The van der Waals surface area contributed by atoms with E-state index < -0.39 is 26.5 Å². The number of rotatable bonds is 55. The summed E-state index contributed by atoms with van der Waals surface area (Å²) in [4.78, 5) is 35.2. The first-order chi connectivity index (χ1) is 33.8. The second-order valence-corrected chi connectivity index (χ2v) is 21.0. The number of phosphoric ester groups is 1. The fourth-order valence-electron chi connectivity index (χ4n) is 8.35. The van der Waals surface area contributed by atoms with Crippen LogP contribution in [-0.4, -0.2) is 49.3 Å². The third-order valence-electron chi connectivity index (χ3n) is 12.7. The van der Waals surface area contributed by atoms with Crippen LogP contribution in [0, 0.1) is 0 Å². The predicted molar refractivity (Wildman–Crippen MR) is 293 cm³/mol. The lowest BCUT2D eigenvalue weighted by molar-refractivity contribution is -0.161. The summed E-state index contributed by atoms with van der Waals surface area (Å²) in [6.07, 6.45) is 67.3. The number of carbonyl (C=O) groups is 2. The molecule has 0 amide bonds. The minimum Gasteiger partial charge on any atom is -0.462 e. The molecule has 0 heterocycles. The van der Waals surface area contributed by atoms with E-state index >= 15 is 0 Å². The summed E-state index contributed by atoms with van der Waals surface area (Å²) >= 11 is 0. The Balaban J connectivity index is 3.97. The second kappa shape index (κ2) is 55.3. The van der Waals surface area contributed by atoms with Crippen LogP contribution in [0.1, 0.15) is 284 Å². The van der Waals surface area contributed by atoms with Crippen molar-refractivity contribution in [2.75, 3.05) is 26.4 Å². The van der Waals surface area contributed by atoms with Crippen molar-refractivity contribution in [2.24, 2.45) is 5.73 Å². The van der Waals surface area contributed by atoms with Crippen molar-refractivity contribution >= 4 is 19.8 Å². The first-order valence-electron chi connectivity index (χ1n) is 29.1. The maximum atomic E-state index is 12.7. The molecule has 0 saturated carbocycles. The van der Waals surface area contributed by atoms with Crippen LogP contribution in [0.15, 0.2) is 48.6 Å². The Morgan fingerprint density at radius 1 is 0.435 bits per heavy atom. The maximum absolute atomic E-state index is 12.7. The van der Waals surface area contributed by atoms with Crippen molar-refractivity contribution in [3.63, 3.8) is 0 Å². The topological polar surface area (TPSA) is 134 Å². The molecular formula is C59H110NO8P. The van der Waals surface area contributed by atoms with Gasteiger partial charge in [0, 0.05) is 19.4 Å². The molecule has 0 radical (unpaired) electrons. The largest absolute Gasteiger partial charge is 0.472 e. The van der Waals surface area contributed by atoms with Crippen LogP contribution in [0.5, 0.6) is 0 Å². The number of unbranched alkanes of at least 4 members (excludes halogenated alkanes) is 34. The fraction of sp³-hybridized carbons (Fsp3) is 0.831. The van der Waals surface area contributed by atoms with Crippen molar-refractivity contribution in [3.05, 3.63) is 48.6 Å². The molecule has 0 spiro atoms. The molecule has 404 valence electrons. The number of carbonyl (C=O) groups excluding carboxylic acids is 2. The van der Waals surface area contributed by atoms with Crippen LogP contribution >= 0.6 is 7.82 Å². The normalized spacial score (nSPS) is 13.4. The number of allylic oxidation sites excluding steroid dienone is 8. The zero-order valence-electron chi connectivity index (χ0n) is 45.1. The summed E-state index contributed by atoms with van der Waals surface area (Å²) in [5.74, 6) is -0.823. The van der Waals surface area contributed by atoms with E-state index in [-0.39, 0.29) is 38.6 Å². The highest BCUT2D eigenvalue weighted by Gasteiger charge is 2.26. The molecule has 0 rings (SSSR count). The van der Waals surface area contributed by atoms with Crippen LogP contribution in [0.4, 0.5) is 0 Å². The Bertz CT molecular complexity index is 1270. The van der Waals surface area contributed by atoms with E-state index in [1.807, 2.05) is 0 Å². The molecule has 0 aliphatic rings. The monoisotopic (exact) mass is 992 g/mol. The predicted octanol–water partition coefficient (Wildman–Crippen LogP) is 18.2. The highest BCUT2D eigenvalue weighted by atomic mass is 31.2. The number of hydrogen-bond donors (Lipinski definition) is 2. The average Bonchev–Trinajstić information content (AvgIpc) is 3.34. The third-order valence-corrected chi connectivity index (χ3v) is 13.7. The van der Waals surface area contributed by atoms with E-state index in [4.69, 9.17) is 24.3 Å². The lowest BCUT2D eigenvalue weighted by Gasteiger charge is -2.19. The number of esters is 2. The Morgan fingerprint density at radius 2 is 0.754 bits per heavy atom. The Morgan fingerprint density at radius 3 is 1.13 bits per heavy atom. The minimum atomic E-state index is -4.39. The van der Waals surface area contributed by atoms with Gasteiger partial charge in [-0.05, 0) is 77.0 Å². The number of phosphoric acid groups is 1. The average molecular weight is 993 g/mol. The van der Waals surface area contributed by atoms with Crippen LogP contribution in [0.25, 0.3) is 0 Å². The van der Waals surface area contributed by atoms with Gasteiger partial charge in [0.25, 0.3) is 0 Å². The maximum Gasteiger partial charge on any atom is 0.472 e. The van der Waals surface area contributed by atoms with Crippen molar-refractivity contribution in [1.29, 1.82) is 0 Å². The molecule has 0 bridgehead atoms. The number of hydrogen-bond acceptors (Lipinski definition) is 8. The molecule has 0 aromatic rings. The van der Waals surface area contributed by atoms with E-state index in [1.165, 1.54) is 199 Å². The summed E-state index contributed by atoms with van der Waals surface area (Å²) < 4.78 is 33.0. The van der Waals surface area contributed by atoms with Gasteiger partial charge >= 0.3 is 19.8 Å². The van der Waals surface area contributed by atoms with Crippen LogP contribution in [0.3, 0.4) is 0 Å². The van der Waals surface area contributed by atoms with Crippen molar-refractivity contribution < 1.29 is 37.6 Å². The molecule has 10 heteroatoms. The summed E-state index contributed by atoms with van der Waals surface area (Å²) in [5.41, 5.74) is 5.38. The highest BCUT2D eigenvalue weighted by Crippen LogP contribution is 2.43. The molecule has 0 aromatic heterocycles. The van der Waals surface area contributed by atoms with Gasteiger partial charge in [0.15, 0.2) is 6.10 Å². The quantitative estimate of drug-likeness (QED) is 0.0264. The molecule has 3 N–H and O–H groups in total. The molecule has 0 aliphatic heterocycles. The zero-order valence-corrected chi connectivity index (χ0v) is 45.9. The summed E-state index contributed by atoms with van der Waals surface area (Å²) in [5, 5.41) is 0. The van der Waals surface area contributed by atoms with Gasteiger partial charge in [-0.3, -0.25) is 18.6 Å². The lowest BCUT2D eigenvalue weighted by Crippen LogP contribution is -2.29. The Labute approximate surface area is 426 Å². The van der Waals surface area contributed by atoms with E-state index in [0.717, 1.165) is 51.4 Å². The van der Waals surface area contributed by atoms with E-state index in [9.17, 15) is 19.0 Å². The summed E-state index contributed by atoms with van der Waals surface area (Å²) in [7, 11) is -4.39. The zero-order chi connectivity index (χ0) is 50.2. The molecule has 0 aliphatic carbocycles. The van der Waals surface area contributed by atoms with Crippen molar-refractivity contribution in [1.82, 2.24) is 0 Å². The second-order valence-electron chi connectivity index (χ2n) is 19.5. The number of ether oxygens (including phenoxy) is 2. The molecule has 0 fully saturated rings. The molecular weight excluding hydrogens is 882 g/mol. The van der Waals surface area contributed by atoms with Crippen LogP contribution in [-0.2, 0) is 32.7 Å². The first kappa shape index (κ1) is 67.0. The summed E-state index contributed by atoms with van der Waals surface area (Å²) in [6, 6.07) is 0. The van der Waals surface area contributed by atoms with Gasteiger partial charge in [-0.1, -0.05) is 242 Å². The van der Waals surface area contributed by atoms with E-state index in [2.05, 4.69) is 62.5 Å². The van der Waals surface area contributed by atoms with E-state index in [0.29, 0.717) is 6.42 Å². The molecule has 0 saturated heterocycles. The molecule has 0 aromatic carbocycles. The van der Waals surface area contributed by atoms with Crippen LogP contribution < -0.4 is 5.73 Å². The SMILES string of the molecule is CCCCCCC/C=C\C/C=C\C/C=C\CCCCCCCCCCCCCCC(=O)OC(COC(=O)CCCCCCCCCCC/C=C\CCCCCCCCCC)COP(=O)(O)OCCN. The molecule has 69 heavy (non-hydrogen) atoms. The Kier molecular flexibility index (Phi) is 53.7. The van der Waals surface area contributed by atoms with Gasteiger partial charge < -0.3 is 20.1 Å². The first-order valence-corrected chi connectivity index (χ1v) is 30.6. The van der Waals surface area contributed by atoms with E-state index in [1.54, 1.807) is 0 Å². The van der Waals surface area contributed by atoms with Crippen molar-refractivity contribution in [2.45, 2.75) is 290 Å². The highest BCUT2D eigenvalue weighted by molar-refractivity contribution is 7.47. The van der Waals surface area contributed by atoms with Crippen molar-refractivity contribution in [3.8, 4) is 0 Å². The third kappa shape index (κ3) is 55.1. The van der Waals surface area contributed by atoms with Gasteiger partial charge in [-0.15, -0.1) is 0 Å². The minimum absolute atomic E-state index is 0.0526.